The molecule has 1 heterocycles. The molecule has 0 radical (unpaired) electrons. The second-order valence-electron chi connectivity index (χ2n) is 5.20. The molecule has 0 amide bonds. The molecule has 0 aliphatic carbocycles. The Hall–Kier alpha value is -2.18. The maximum atomic E-state index is 12.5. The molecule has 0 aliphatic rings. The van der Waals surface area contributed by atoms with Crippen molar-refractivity contribution in [3.63, 3.8) is 0 Å². The zero-order valence-electron chi connectivity index (χ0n) is 12.5. The summed E-state index contributed by atoms with van der Waals surface area (Å²) >= 11 is 0. The van der Waals surface area contributed by atoms with E-state index in [1.165, 1.54) is 0 Å². The van der Waals surface area contributed by atoms with Crippen LogP contribution in [0.4, 0.5) is 5.69 Å². The monoisotopic (exact) mass is 317 g/mol. The fourth-order valence-corrected chi connectivity index (χ4v) is 3.51. The molecule has 0 fully saturated rings. The van der Waals surface area contributed by atoms with Gasteiger partial charge in [0.1, 0.15) is 0 Å². The Balaban J connectivity index is 0.00000176. The molecule has 0 saturated heterocycles. The molecular formula is C16H19N3O2S. The van der Waals surface area contributed by atoms with Crippen LogP contribution in [0, 0.1) is 13.8 Å². The summed E-state index contributed by atoms with van der Waals surface area (Å²) in [7, 11) is -1.24. The van der Waals surface area contributed by atoms with Crippen LogP contribution in [0.5, 0.6) is 0 Å². The summed E-state index contributed by atoms with van der Waals surface area (Å²) in [6.07, 6.45) is 0. The van der Waals surface area contributed by atoms with E-state index in [1.807, 2.05) is 50.2 Å². The van der Waals surface area contributed by atoms with E-state index < -0.39 is 10.8 Å². The number of nitrogen functional groups attached to an aromatic ring is 1. The van der Waals surface area contributed by atoms with Gasteiger partial charge in [0.05, 0.1) is 27.6 Å². The Kier molecular flexibility index (Phi) is 4.63. The van der Waals surface area contributed by atoms with Crippen molar-refractivity contribution in [1.29, 1.82) is 0 Å². The minimum absolute atomic E-state index is 0. The summed E-state index contributed by atoms with van der Waals surface area (Å²) in [5.41, 5.74) is 11.6. The van der Waals surface area contributed by atoms with E-state index in [9.17, 15) is 4.21 Å². The maximum absolute atomic E-state index is 12.5. The van der Waals surface area contributed by atoms with Gasteiger partial charge < -0.3 is 16.2 Å². The van der Waals surface area contributed by atoms with Gasteiger partial charge in [-0.2, -0.15) is 0 Å². The molecule has 0 aliphatic heterocycles. The van der Waals surface area contributed by atoms with Crippen LogP contribution in [-0.2, 0) is 16.6 Å². The summed E-state index contributed by atoms with van der Waals surface area (Å²) in [5, 5.41) is 0.495. The summed E-state index contributed by atoms with van der Waals surface area (Å²) < 4.78 is 12.5. The molecule has 1 atom stereocenters. The van der Waals surface area contributed by atoms with Gasteiger partial charge >= 0.3 is 0 Å². The predicted octanol–water partition coefficient (Wildman–Crippen LogP) is 2.25. The van der Waals surface area contributed by atoms with E-state index in [0.717, 1.165) is 27.7 Å². The number of aryl methyl sites for hydroxylation is 2. The van der Waals surface area contributed by atoms with E-state index in [-0.39, 0.29) is 5.48 Å². The number of nitrogens with one attached hydrogen (secondary N) is 1. The average Bonchev–Trinajstić information content (AvgIpc) is 2.88. The first kappa shape index (κ1) is 16.2. The van der Waals surface area contributed by atoms with E-state index in [4.69, 9.17) is 5.73 Å². The number of H-pyrrole nitrogens is 1. The fourth-order valence-electron chi connectivity index (χ4n) is 2.43. The quantitative estimate of drug-likeness (QED) is 0.724. The number of hydrogen-bond acceptors (Lipinski definition) is 3. The van der Waals surface area contributed by atoms with Crippen molar-refractivity contribution < 1.29 is 9.69 Å². The summed E-state index contributed by atoms with van der Waals surface area (Å²) in [4.78, 5) is 7.50. The molecule has 0 saturated carbocycles. The number of nitrogens with two attached hydrogens (primary N) is 1. The van der Waals surface area contributed by atoms with Gasteiger partial charge in [0.2, 0.25) is 0 Å². The number of rotatable bonds is 3. The standard InChI is InChI=1S/C16H17N3OS.H2O/c1-10-7-11(2)15(17)12(8-10)9-21(20)16-18-13-5-3-4-6-14(13)19-16;/h3-8H,9,17H2,1-2H3,(H,18,19);1H2. The van der Waals surface area contributed by atoms with Crippen LogP contribution in [0.2, 0.25) is 0 Å². The Bertz CT molecular complexity index is 810. The number of fused-ring (bicyclic) bond motifs is 1. The first-order valence-electron chi connectivity index (χ1n) is 6.73. The third-order valence-corrected chi connectivity index (χ3v) is 4.68. The van der Waals surface area contributed by atoms with Crippen molar-refractivity contribution in [2.45, 2.75) is 24.8 Å². The summed E-state index contributed by atoms with van der Waals surface area (Å²) in [6.45, 7) is 3.98. The van der Waals surface area contributed by atoms with Crippen molar-refractivity contribution in [3.05, 3.63) is 53.1 Å². The molecule has 0 spiro atoms. The lowest BCUT2D eigenvalue weighted by Gasteiger charge is -2.09. The highest BCUT2D eigenvalue weighted by Gasteiger charge is 2.13. The van der Waals surface area contributed by atoms with Gasteiger partial charge in [0.25, 0.3) is 0 Å². The van der Waals surface area contributed by atoms with Crippen molar-refractivity contribution in [1.82, 2.24) is 9.97 Å². The molecule has 1 aromatic heterocycles. The molecule has 0 bridgehead atoms. The van der Waals surface area contributed by atoms with Gasteiger partial charge in [-0.15, -0.1) is 0 Å². The molecule has 5 N–H and O–H groups in total. The lowest BCUT2D eigenvalue weighted by atomic mass is 10.1. The van der Waals surface area contributed by atoms with Crippen molar-refractivity contribution in [2.24, 2.45) is 0 Å². The molecule has 116 valence electrons. The van der Waals surface area contributed by atoms with E-state index in [2.05, 4.69) is 9.97 Å². The summed E-state index contributed by atoms with van der Waals surface area (Å²) in [6, 6.07) is 11.7. The van der Waals surface area contributed by atoms with Crippen molar-refractivity contribution in [3.8, 4) is 0 Å². The van der Waals surface area contributed by atoms with Gasteiger partial charge in [-0.25, -0.2) is 4.98 Å². The number of benzene rings is 2. The van der Waals surface area contributed by atoms with Gasteiger partial charge in [-0.3, -0.25) is 4.21 Å². The Morgan fingerprint density at radius 2 is 1.95 bits per heavy atom. The van der Waals surface area contributed by atoms with Crippen LogP contribution in [0.1, 0.15) is 16.7 Å². The Morgan fingerprint density at radius 3 is 2.68 bits per heavy atom. The molecule has 1 unspecified atom stereocenters. The lowest BCUT2D eigenvalue weighted by molar-refractivity contribution is 0.677. The molecule has 5 nitrogen and oxygen atoms in total. The van der Waals surface area contributed by atoms with Crippen LogP contribution in [-0.4, -0.2) is 19.7 Å². The fraction of sp³-hybridized carbons (Fsp3) is 0.188. The van der Waals surface area contributed by atoms with Gasteiger partial charge in [0.15, 0.2) is 5.16 Å². The van der Waals surface area contributed by atoms with Gasteiger partial charge in [-0.1, -0.05) is 29.8 Å². The molecule has 22 heavy (non-hydrogen) atoms. The third-order valence-electron chi connectivity index (χ3n) is 3.49. The van der Waals surface area contributed by atoms with E-state index in [1.54, 1.807) is 0 Å². The number of para-hydroxylation sites is 2. The number of aromatic amines is 1. The van der Waals surface area contributed by atoms with Crippen LogP contribution in [0.25, 0.3) is 11.0 Å². The highest BCUT2D eigenvalue weighted by molar-refractivity contribution is 7.84. The molecule has 3 rings (SSSR count). The topological polar surface area (TPSA) is 103 Å². The highest BCUT2D eigenvalue weighted by Crippen LogP contribution is 2.23. The SMILES string of the molecule is Cc1cc(C)c(N)c(CS(=O)c2nc3ccccc3[nH]2)c1.O. The third kappa shape index (κ3) is 3.03. The first-order chi connectivity index (χ1) is 10.0. The van der Waals surface area contributed by atoms with Crippen LogP contribution >= 0.6 is 0 Å². The summed E-state index contributed by atoms with van der Waals surface area (Å²) in [5.74, 6) is 0.369. The Labute approximate surface area is 131 Å². The first-order valence-corrected chi connectivity index (χ1v) is 8.05. The normalized spacial score (nSPS) is 12.1. The molecule has 3 aromatic rings. The van der Waals surface area contributed by atoms with Crippen LogP contribution in [0.15, 0.2) is 41.6 Å². The molecular weight excluding hydrogens is 298 g/mol. The number of nitrogens with zero attached hydrogens (tertiary/aromatic N) is 1. The van der Waals surface area contributed by atoms with E-state index in [0.29, 0.717) is 16.6 Å². The molecule has 6 heteroatoms. The Morgan fingerprint density at radius 1 is 1.23 bits per heavy atom. The van der Waals surface area contributed by atoms with Crippen molar-refractivity contribution >= 4 is 27.5 Å². The largest absolute Gasteiger partial charge is 0.412 e. The average molecular weight is 317 g/mol. The zero-order valence-corrected chi connectivity index (χ0v) is 13.3. The lowest BCUT2D eigenvalue weighted by Crippen LogP contribution is -2.04. The second-order valence-corrected chi connectivity index (χ2v) is 6.57. The number of aromatic nitrogens is 2. The highest BCUT2D eigenvalue weighted by atomic mass is 32.2. The maximum Gasteiger partial charge on any atom is 0.197 e. The zero-order chi connectivity index (χ0) is 15.0. The minimum Gasteiger partial charge on any atom is -0.412 e. The number of imidazole rings is 1. The van der Waals surface area contributed by atoms with E-state index >= 15 is 0 Å². The number of anilines is 1. The number of hydrogen-bond donors (Lipinski definition) is 2. The smallest absolute Gasteiger partial charge is 0.197 e. The van der Waals surface area contributed by atoms with Gasteiger partial charge in [-0.05, 0) is 37.1 Å². The van der Waals surface area contributed by atoms with Crippen LogP contribution in [0.3, 0.4) is 0 Å². The predicted molar refractivity (Wildman–Crippen MR) is 90.1 cm³/mol. The van der Waals surface area contributed by atoms with Gasteiger partial charge in [0, 0.05) is 5.69 Å². The molecule has 2 aromatic carbocycles. The van der Waals surface area contributed by atoms with Crippen molar-refractivity contribution in [2.75, 3.05) is 5.73 Å². The minimum atomic E-state index is -1.24. The second kappa shape index (κ2) is 6.29. The van der Waals surface area contributed by atoms with Crippen LogP contribution < -0.4 is 5.73 Å².